The summed E-state index contributed by atoms with van der Waals surface area (Å²) in [6.45, 7) is 6.89. The second kappa shape index (κ2) is 6.64. The summed E-state index contributed by atoms with van der Waals surface area (Å²) < 4.78 is 0. The average Bonchev–Trinajstić information content (AvgIpc) is 2.59. The van der Waals surface area contributed by atoms with Gasteiger partial charge >= 0.3 is 6.03 Å². The number of urea groups is 1. The van der Waals surface area contributed by atoms with Crippen molar-refractivity contribution in [3.63, 3.8) is 0 Å². The summed E-state index contributed by atoms with van der Waals surface area (Å²) in [5, 5.41) is 3.04. The number of aryl methyl sites for hydroxylation is 2. The molecule has 1 aliphatic rings. The fourth-order valence-corrected chi connectivity index (χ4v) is 2.79. The Labute approximate surface area is 136 Å². The SMILES string of the molecule is Cc1cccc(C)c1NC(=O)N1CCN(c2cnccn2)CC1. The Morgan fingerprint density at radius 3 is 2.39 bits per heavy atom. The smallest absolute Gasteiger partial charge is 0.321 e. The molecule has 1 fully saturated rings. The van der Waals surface area contributed by atoms with Crippen molar-refractivity contribution in [2.24, 2.45) is 0 Å². The first-order valence-corrected chi connectivity index (χ1v) is 7.78. The number of benzene rings is 1. The summed E-state index contributed by atoms with van der Waals surface area (Å²) in [5.74, 6) is 0.863. The zero-order valence-corrected chi connectivity index (χ0v) is 13.5. The Bertz CT molecular complexity index is 660. The van der Waals surface area contributed by atoms with Crippen LogP contribution in [0.3, 0.4) is 0 Å². The molecule has 2 amide bonds. The molecule has 1 aromatic heterocycles. The second-order valence-electron chi connectivity index (χ2n) is 5.73. The number of hydrogen-bond acceptors (Lipinski definition) is 4. The number of aromatic nitrogens is 2. The summed E-state index contributed by atoms with van der Waals surface area (Å²) >= 11 is 0. The van der Waals surface area contributed by atoms with E-state index in [2.05, 4.69) is 20.2 Å². The molecule has 0 atom stereocenters. The number of rotatable bonds is 2. The number of anilines is 2. The number of carbonyl (C=O) groups is 1. The lowest BCUT2D eigenvalue weighted by atomic mass is 10.1. The molecule has 1 aliphatic heterocycles. The molecule has 120 valence electrons. The number of hydrogen-bond donors (Lipinski definition) is 1. The molecule has 0 aliphatic carbocycles. The van der Waals surface area contributed by atoms with Gasteiger partial charge in [-0.05, 0) is 25.0 Å². The minimum Gasteiger partial charge on any atom is -0.352 e. The van der Waals surface area contributed by atoms with Gasteiger partial charge < -0.3 is 15.1 Å². The van der Waals surface area contributed by atoms with E-state index in [1.54, 1.807) is 18.6 Å². The van der Waals surface area contributed by atoms with Crippen molar-refractivity contribution in [2.75, 3.05) is 36.4 Å². The third-order valence-corrected chi connectivity index (χ3v) is 4.15. The fraction of sp³-hybridized carbons (Fsp3) is 0.353. The molecule has 1 saturated heterocycles. The van der Waals surface area contributed by atoms with Gasteiger partial charge in [0.2, 0.25) is 0 Å². The fourth-order valence-electron chi connectivity index (χ4n) is 2.79. The van der Waals surface area contributed by atoms with Crippen molar-refractivity contribution in [1.29, 1.82) is 0 Å². The van der Waals surface area contributed by atoms with Crippen molar-refractivity contribution in [3.8, 4) is 0 Å². The van der Waals surface area contributed by atoms with Crippen LogP contribution >= 0.6 is 0 Å². The molecule has 2 heterocycles. The minimum absolute atomic E-state index is 0.0406. The van der Waals surface area contributed by atoms with Gasteiger partial charge in [-0.1, -0.05) is 18.2 Å². The molecular weight excluding hydrogens is 290 g/mol. The van der Waals surface area contributed by atoms with E-state index in [4.69, 9.17) is 0 Å². The van der Waals surface area contributed by atoms with Crippen LogP contribution in [-0.2, 0) is 0 Å². The maximum absolute atomic E-state index is 12.5. The van der Waals surface area contributed by atoms with Gasteiger partial charge in [0.15, 0.2) is 0 Å². The monoisotopic (exact) mass is 311 g/mol. The van der Waals surface area contributed by atoms with Crippen LogP contribution in [-0.4, -0.2) is 47.1 Å². The second-order valence-corrected chi connectivity index (χ2v) is 5.73. The number of piperazine rings is 1. The van der Waals surface area contributed by atoms with Crippen molar-refractivity contribution in [1.82, 2.24) is 14.9 Å². The number of nitrogens with zero attached hydrogens (tertiary/aromatic N) is 4. The molecule has 3 rings (SSSR count). The number of carbonyl (C=O) groups excluding carboxylic acids is 1. The van der Waals surface area contributed by atoms with Gasteiger partial charge in [-0.15, -0.1) is 0 Å². The van der Waals surface area contributed by atoms with Crippen LogP contribution in [0.1, 0.15) is 11.1 Å². The average molecular weight is 311 g/mol. The topological polar surface area (TPSA) is 61.4 Å². The highest BCUT2D eigenvalue weighted by molar-refractivity contribution is 5.91. The predicted molar refractivity (Wildman–Crippen MR) is 90.8 cm³/mol. The van der Waals surface area contributed by atoms with Gasteiger partial charge in [-0.25, -0.2) is 9.78 Å². The summed E-state index contributed by atoms with van der Waals surface area (Å²) in [5.41, 5.74) is 3.07. The third-order valence-electron chi connectivity index (χ3n) is 4.15. The highest BCUT2D eigenvalue weighted by atomic mass is 16.2. The first-order chi connectivity index (χ1) is 11.1. The number of nitrogens with one attached hydrogen (secondary N) is 1. The van der Waals surface area contributed by atoms with Crippen LogP contribution < -0.4 is 10.2 Å². The molecule has 0 spiro atoms. The van der Waals surface area contributed by atoms with Gasteiger partial charge in [0.05, 0.1) is 6.20 Å². The lowest BCUT2D eigenvalue weighted by Gasteiger charge is -2.35. The lowest BCUT2D eigenvalue weighted by Crippen LogP contribution is -2.50. The molecular formula is C17H21N5O. The van der Waals surface area contributed by atoms with E-state index >= 15 is 0 Å². The first kappa shape index (κ1) is 15.3. The van der Waals surface area contributed by atoms with E-state index in [9.17, 15) is 4.79 Å². The first-order valence-electron chi connectivity index (χ1n) is 7.78. The quantitative estimate of drug-likeness (QED) is 0.925. The van der Waals surface area contributed by atoms with Gasteiger partial charge in [0.25, 0.3) is 0 Å². The zero-order valence-electron chi connectivity index (χ0n) is 13.5. The van der Waals surface area contributed by atoms with Crippen LogP contribution in [0.5, 0.6) is 0 Å². The Hall–Kier alpha value is -2.63. The van der Waals surface area contributed by atoms with Crippen LogP contribution in [0.25, 0.3) is 0 Å². The maximum atomic E-state index is 12.5. The molecule has 0 saturated carbocycles. The van der Waals surface area contributed by atoms with Crippen molar-refractivity contribution >= 4 is 17.5 Å². The van der Waals surface area contributed by atoms with E-state index in [1.807, 2.05) is 36.9 Å². The molecule has 0 radical (unpaired) electrons. The van der Waals surface area contributed by atoms with Gasteiger partial charge in [-0.2, -0.15) is 0 Å². The van der Waals surface area contributed by atoms with E-state index < -0.39 is 0 Å². The number of amides is 2. The molecule has 6 heteroatoms. The molecule has 0 bridgehead atoms. The Morgan fingerprint density at radius 1 is 1.09 bits per heavy atom. The third kappa shape index (κ3) is 3.41. The molecule has 1 aromatic carbocycles. The molecule has 6 nitrogen and oxygen atoms in total. The highest BCUT2D eigenvalue weighted by Gasteiger charge is 2.22. The van der Waals surface area contributed by atoms with E-state index in [0.717, 1.165) is 35.7 Å². The summed E-state index contributed by atoms with van der Waals surface area (Å²) in [4.78, 5) is 24.9. The number of para-hydroxylation sites is 1. The van der Waals surface area contributed by atoms with Crippen molar-refractivity contribution < 1.29 is 4.79 Å². The normalized spacial score (nSPS) is 14.7. The summed E-state index contributed by atoms with van der Waals surface area (Å²) in [6.07, 6.45) is 5.11. The van der Waals surface area contributed by atoms with Crippen molar-refractivity contribution in [3.05, 3.63) is 47.9 Å². The van der Waals surface area contributed by atoms with E-state index in [-0.39, 0.29) is 6.03 Å². The molecule has 2 aromatic rings. The van der Waals surface area contributed by atoms with E-state index in [1.165, 1.54) is 0 Å². The zero-order chi connectivity index (χ0) is 16.2. The summed E-state index contributed by atoms with van der Waals surface area (Å²) in [7, 11) is 0. The minimum atomic E-state index is -0.0406. The molecule has 0 unspecified atom stereocenters. The van der Waals surface area contributed by atoms with Gasteiger partial charge in [-0.3, -0.25) is 4.98 Å². The standard InChI is InChI=1S/C17H21N5O/c1-13-4-3-5-14(2)16(13)20-17(23)22-10-8-21(9-11-22)15-12-18-6-7-19-15/h3-7,12H,8-11H2,1-2H3,(H,20,23). The lowest BCUT2D eigenvalue weighted by molar-refractivity contribution is 0.208. The van der Waals surface area contributed by atoms with Crippen LogP contribution in [0, 0.1) is 13.8 Å². The Balaban J connectivity index is 1.60. The van der Waals surface area contributed by atoms with E-state index in [0.29, 0.717) is 13.1 Å². The molecule has 1 N–H and O–H groups in total. The largest absolute Gasteiger partial charge is 0.352 e. The molecule has 23 heavy (non-hydrogen) atoms. The van der Waals surface area contributed by atoms with Crippen LogP contribution in [0.4, 0.5) is 16.3 Å². The Morgan fingerprint density at radius 2 is 1.78 bits per heavy atom. The van der Waals surface area contributed by atoms with Crippen LogP contribution in [0.2, 0.25) is 0 Å². The summed E-state index contributed by atoms with van der Waals surface area (Å²) in [6, 6.07) is 5.98. The van der Waals surface area contributed by atoms with Crippen LogP contribution in [0.15, 0.2) is 36.8 Å². The Kier molecular flexibility index (Phi) is 4.41. The van der Waals surface area contributed by atoms with Crippen molar-refractivity contribution in [2.45, 2.75) is 13.8 Å². The van der Waals surface area contributed by atoms with Gasteiger partial charge in [0.1, 0.15) is 5.82 Å². The van der Waals surface area contributed by atoms with Gasteiger partial charge in [0, 0.05) is 44.3 Å². The predicted octanol–water partition coefficient (Wildman–Crippen LogP) is 2.45. The highest BCUT2D eigenvalue weighted by Crippen LogP contribution is 2.20. The maximum Gasteiger partial charge on any atom is 0.321 e.